The van der Waals surface area contributed by atoms with Gasteiger partial charge >= 0.3 is 0 Å². The standard InChI is InChI=1S/C12H19N3O2/c1-15(2)9-11-5-3-6-12(14-11)17-8-4-7-13-10-16/h3,5-6,10H,4,7-9H2,1-2H3,(H,13,16). The van der Waals surface area contributed by atoms with Crippen molar-refractivity contribution < 1.29 is 9.53 Å². The molecule has 0 bridgehead atoms. The van der Waals surface area contributed by atoms with Crippen molar-refractivity contribution in [1.29, 1.82) is 0 Å². The maximum atomic E-state index is 10.0. The summed E-state index contributed by atoms with van der Waals surface area (Å²) >= 11 is 0. The molecule has 1 heterocycles. The fourth-order valence-corrected chi connectivity index (χ4v) is 1.36. The monoisotopic (exact) mass is 237 g/mol. The van der Waals surface area contributed by atoms with Gasteiger partial charge in [0.1, 0.15) is 0 Å². The van der Waals surface area contributed by atoms with Gasteiger partial charge in [0.25, 0.3) is 0 Å². The van der Waals surface area contributed by atoms with E-state index in [1.54, 1.807) is 0 Å². The Morgan fingerprint density at radius 2 is 2.29 bits per heavy atom. The number of ether oxygens (including phenoxy) is 1. The van der Waals surface area contributed by atoms with Crippen molar-refractivity contribution in [3.63, 3.8) is 0 Å². The van der Waals surface area contributed by atoms with Gasteiger partial charge in [-0.3, -0.25) is 4.79 Å². The molecule has 5 nitrogen and oxygen atoms in total. The average Bonchev–Trinajstić information content (AvgIpc) is 2.28. The summed E-state index contributed by atoms with van der Waals surface area (Å²) in [4.78, 5) is 16.4. The lowest BCUT2D eigenvalue weighted by molar-refractivity contribution is -0.109. The molecule has 5 heteroatoms. The summed E-state index contributed by atoms with van der Waals surface area (Å²) in [6.07, 6.45) is 1.47. The van der Waals surface area contributed by atoms with Crippen molar-refractivity contribution in [2.24, 2.45) is 0 Å². The zero-order valence-electron chi connectivity index (χ0n) is 10.3. The van der Waals surface area contributed by atoms with Gasteiger partial charge in [0, 0.05) is 19.2 Å². The van der Waals surface area contributed by atoms with Gasteiger partial charge in [-0.05, 0) is 26.6 Å². The van der Waals surface area contributed by atoms with Crippen molar-refractivity contribution in [2.45, 2.75) is 13.0 Å². The molecule has 94 valence electrons. The first kappa shape index (κ1) is 13.4. The molecule has 0 aliphatic rings. The molecular weight excluding hydrogens is 218 g/mol. The normalized spacial score (nSPS) is 10.3. The minimum Gasteiger partial charge on any atom is -0.478 e. The quantitative estimate of drug-likeness (QED) is 0.533. The van der Waals surface area contributed by atoms with E-state index >= 15 is 0 Å². The van der Waals surface area contributed by atoms with E-state index in [0.717, 1.165) is 18.7 Å². The molecule has 1 N–H and O–H groups in total. The molecule has 1 amide bonds. The van der Waals surface area contributed by atoms with Crippen LogP contribution in [0.5, 0.6) is 5.88 Å². The van der Waals surface area contributed by atoms with Crippen molar-refractivity contribution in [1.82, 2.24) is 15.2 Å². The highest BCUT2D eigenvalue weighted by Gasteiger charge is 2.00. The van der Waals surface area contributed by atoms with E-state index in [0.29, 0.717) is 25.4 Å². The van der Waals surface area contributed by atoms with Crippen molar-refractivity contribution in [2.75, 3.05) is 27.2 Å². The predicted octanol–water partition coefficient (Wildman–Crippen LogP) is 0.658. The van der Waals surface area contributed by atoms with E-state index in [4.69, 9.17) is 4.74 Å². The van der Waals surface area contributed by atoms with Gasteiger partial charge in [-0.1, -0.05) is 6.07 Å². The SMILES string of the molecule is CN(C)Cc1cccc(OCCCNC=O)n1. The van der Waals surface area contributed by atoms with Crippen LogP contribution in [0.3, 0.4) is 0 Å². The molecule has 0 fully saturated rings. The zero-order chi connectivity index (χ0) is 12.5. The fourth-order valence-electron chi connectivity index (χ4n) is 1.36. The van der Waals surface area contributed by atoms with Crippen LogP contribution in [0.4, 0.5) is 0 Å². The molecule has 0 radical (unpaired) electrons. The molecule has 0 saturated heterocycles. The third-order valence-corrected chi connectivity index (χ3v) is 2.06. The number of rotatable bonds is 8. The third kappa shape index (κ3) is 5.87. The van der Waals surface area contributed by atoms with Crippen LogP contribution in [0.1, 0.15) is 12.1 Å². The molecule has 0 aliphatic carbocycles. The minimum atomic E-state index is 0.555. The highest BCUT2D eigenvalue weighted by atomic mass is 16.5. The number of amides is 1. The number of nitrogens with zero attached hydrogens (tertiary/aromatic N) is 2. The van der Waals surface area contributed by atoms with Crippen LogP contribution in [0.25, 0.3) is 0 Å². The highest BCUT2D eigenvalue weighted by molar-refractivity contribution is 5.45. The van der Waals surface area contributed by atoms with Crippen molar-refractivity contribution >= 4 is 6.41 Å². The van der Waals surface area contributed by atoms with E-state index in [-0.39, 0.29) is 0 Å². The number of aromatic nitrogens is 1. The van der Waals surface area contributed by atoms with E-state index in [9.17, 15) is 4.79 Å². The summed E-state index contributed by atoms with van der Waals surface area (Å²) in [5.74, 6) is 0.635. The first-order valence-electron chi connectivity index (χ1n) is 5.63. The van der Waals surface area contributed by atoms with Gasteiger partial charge in [-0.25, -0.2) is 4.98 Å². The molecule has 0 aromatic carbocycles. The smallest absolute Gasteiger partial charge is 0.213 e. The number of carbonyl (C=O) groups is 1. The van der Waals surface area contributed by atoms with E-state index in [2.05, 4.69) is 15.2 Å². The minimum absolute atomic E-state index is 0.555. The van der Waals surface area contributed by atoms with Gasteiger partial charge in [0.05, 0.1) is 12.3 Å². The molecule has 17 heavy (non-hydrogen) atoms. The Labute approximate surface area is 102 Å². The van der Waals surface area contributed by atoms with E-state index < -0.39 is 0 Å². The largest absolute Gasteiger partial charge is 0.478 e. The Morgan fingerprint density at radius 1 is 1.47 bits per heavy atom. The Balaban J connectivity index is 2.35. The molecular formula is C12H19N3O2. The summed E-state index contributed by atoms with van der Waals surface area (Å²) < 4.78 is 5.49. The van der Waals surface area contributed by atoms with Crippen LogP contribution in [0.15, 0.2) is 18.2 Å². The lowest BCUT2D eigenvalue weighted by atomic mass is 10.3. The number of pyridine rings is 1. The summed E-state index contributed by atoms with van der Waals surface area (Å²) in [5, 5.41) is 2.58. The Morgan fingerprint density at radius 3 is 3.00 bits per heavy atom. The fraction of sp³-hybridized carbons (Fsp3) is 0.500. The maximum absolute atomic E-state index is 10.0. The molecule has 1 aromatic heterocycles. The van der Waals surface area contributed by atoms with Crippen LogP contribution < -0.4 is 10.1 Å². The van der Waals surface area contributed by atoms with Gasteiger partial charge in [0.15, 0.2) is 0 Å². The first-order chi connectivity index (χ1) is 8.22. The zero-order valence-corrected chi connectivity index (χ0v) is 10.3. The van der Waals surface area contributed by atoms with Crippen LogP contribution in [-0.2, 0) is 11.3 Å². The molecule has 0 atom stereocenters. The second kappa shape index (κ2) is 7.62. The molecule has 0 unspecified atom stereocenters. The molecule has 1 rings (SSSR count). The van der Waals surface area contributed by atoms with Gasteiger partial charge in [0.2, 0.25) is 12.3 Å². The molecule has 1 aromatic rings. The highest BCUT2D eigenvalue weighted by Crippen LogP contribution is 2.08. The van der Waals surface area contributed by atoms with Crippen LogP contribution in [-0.4, -0.2) is 43.5 Å². The average molecular weight is 237 g/mol. The molecule has 0 saturated carbocycles. The van der Waals surface area contributed by atoms with Gasteiger partial charge in [-0.2, -0.15) is 0 Å². The molecule has 0 spiro atoms. The van der Waals surface area contributed by atoms with Crippen molar-refractivity contribution in [3.05, 3.63) is 23.9 Å². The summed E-state index contributed by atoms with van der Waals surface area (Å²) in [5.41, 5.74) is 0.985. The maximum Gasteiger partial charge on any atom is 0.213 e. The van der Waals surface area contributed by atoms with Crippen molar-refractivity contribution in [3.8, 4) is 5.88 Å². The van der Waals surface area contributed by atoms with Gasteiger partial charge < -0.3 is 15.0 Å². The van der Waals surface area contributed by atoms with Crippen LogP contribution >= 0.6 is 0 Å². The number of hydrogen-bond acceptors (Lipinski definition) is 4. The number of carbonyl (C=O) groups excluding carboxylic acids is 1. The lowest BCUT2D eigenvalue weighted by Crippen LogP contribution is -2.15. The topological polar surface area (TPSA) is 54.5 Å². The van der Waals surface area contributed by atoms with Gasteiger partial charge in [-0.15, -0.1) is 0 Å². The Bertz CT molecular complexity index is 342. The summed E-state index contributed by atoms with van der Waals surface area (Å²) in [6, 6.07) is 5.75. The van der Waals surface area contributed by atoms with E-state index in [1.807, 2.05) is 32.3 Å². The third-order valence-electron chi connectivity index (χ3n) is 2.06. The molecule has 0 aliphatic heterocycles. The Kier molecular flexibility index (Phi) is 6.03. The number of hydrogen-bond donors (Lipinski definition) is 1. The lowest BCUT2D eigenvalue weighted by Gasteiger charge is -2.10. The number of nitrogens with one attached hydrogen (secondary N) is 1. The second-order valence-electron chi connectivity index (χ2n) is 3.98. The van der Waals surface area contributed by atoms with E-state index in [1.165, 1.54) is 0 Å². The summed E-state index contributed by atoms with van der Waals surface area (Å²) in [7, 11) is 4.00. The predicted molar refractivity (Wildman–Crippen MR) is 65.8 cm³/mol. The van der Waals surface area contributed by atoms with Crippen LogP contribution in [0, 0.1) is 0 Å². The summed E-state index contributed by atoms with van der Waals surface area (Å²) in [6.45, 7) is 1.98. The van der Waals surface area contributed by atoms with Crippen LogP contribution in [0.2, 0.25) is 0 Å². The second-order valence-corrected chi connectivity index (χ2v) is 3.98. The first-order valence-corrected chi connectivity index (χ1v) is 5.63. The Hall–Kier alpha value is -1.62.